The summed E-state index contributed by atoms with van der Waals surface area (Å²) in [6, 6.07) is 18.9. The topological polar surface area (TPSA) is 41.0 Å². The summed E-state index contributed by atoms with van der Waals surface area (Å²) in [5.74, 6) is 0. The number of hydrogen-bond acceptors (Lipinski definition) is 2. The molecule has 2 aromatic heterocycles. The summed E-state index contributed by atoms with van der Waals surface area (Å²) < 4.78 is 0. The predicted molar refractivity (Wildman–Crippen MR) is 94.3 cm³/mol. The summed E-state index contributed by atoms with van der Waals surface area (Å²) in [4.78, 5) is 13.0. The van der Waals surface area contributed by atoms with Crippen LogP contribution >= 0.6 is 0 Å². The SMILES string of the molecule is c1cnc2c(C3=NCCc4c3[nH]c3ccccc43)cccc2c1. The summed E-state index contributed by atoms with van der Waals surface area (Å²) in [6.07, 6.45) is 2.84. The van der Waals surface area contributed by atoms with E-state index in [1.807, 2.05) is 12.3 Å². The predicted octanol–water partition coefficient (Wildman–Crippen LogP) is 4.11. The lowest BCUT2D eigenvalue weighted by Crippen LogP contribution is -2.14. The number of fused-ring (bicyclic) bond motifs is 4. The van der Waals surface area contributed by atoms with Gasteiger partial charge in [-0.3, -0.25) is 9.98 Å². The Hall–Kier alpha value is -2.94. The van der Waals surface area contributed by atoms with E-state index in [2.05, 4.69) is 58.5 Å². The van der Waals surface area contributed by atoms with E-state index in [4.69, 9.17) is 4.99 Å². The molecule has 0 radical (unpaired) electrons. The van der Waals surface area contributed by atoms with Gasteiger partial charge in [0.05, 0.1) is 16.9 Å². The van der Waals surface area contributed by atoms with Crippen LogP contribution in [-0.4, -0.2) is 22.2 Å². The Kier molecular flexibility index (Phi) is 2.62. The molecule has 4 aromatic rings. The Morgan fingerprint density at radius 3 is 2.83 bits per heavy atom. The van der Waals surface area contributed by atoms with E-state index < -0.39 is 0 Å². The first-order chi connectivity index (χ1) is 11.4. The molecule has 0 fully saturated rings. The van der Waals surface area contributed by atoms with E-state index in [-0.39, 0.29) is 0 Å². The molecule has 23 heavy (non-hydrogen) atoms. The average Bonchev–Trinajstić information content (AvgIpc) is 3.00. The molecule has 0 bridgehead atoms. The Balaban J connectivity index is 1.80. The van der Waals surface area contributed by atoms with Crippen molar-refractivity contribution in [3.05, 3.63) is 77.6 Å². The first-order valence-electron chi connectivity index (χ1n) is 7.90. The summed E-state index contributed by atoms with van der Waals surface area (Å²) in [5, 5.41) is 2.46. The molecule has 0 amide bonds. The number of H-pyrrole nitrogens is 1. The van der Waals surface area contributed by atoms with Gasteiger partial charge in [-0.05, 0) is 24.1 Å². The largest absolute Gasteiger partial charge is 0.353 e. The Bertz CT molecular complexity index is 1070. The minimum Gasteiger partial charge on any atom is -0.353 e. The summed E-state index contributed by atoms with van der Waals surface area (Å²) >= 11 is 0. The van der Waals surface area contributed by atoms with Crippen LogP contribution in [0.3, 0.4) is 0 Å². The van der Waals surface area contributed by atoms with Crippen LogP contribution < -0.4 is 0 Å². The lowest BCUT2D eigenvalue weighted by atomic mass is 9.96. The second-order valence-corrected chi connectivity index (χ2v) is 5.89. The number of nitrogens with zero attached hydrogens (tertiary/aromatic N) is 2. The lowest BCUT2D eigenvalue weighted by molar-refractivity contribution is 0.948. The van der Waals surface area contributed by atoms with Crippen molar-refractivity contribution in [3.8, 4) is 0 Å². The van der Waals surface area contributed by atoms with E-state index >= 15 is 0 Å². The molecule has 1 aliphatic heterocycles. The van der Waals surface area contributed by atoms with Gasteiger partial charge in [0.15, 0.2) is 0 Å². The molecule has 0 saturated heterocycles. The van der Waals surface area contributed by atoms with Crippen LogP contribution in [-0.2, 0) is 6.42 Å². The van der Waals surface area contributed by atoms with Crippen molar-refractivity contribution in [3.63, 3.8) is 0 Å². The minimum atomic E-state index is 0.827. The Morgan fingerprint density at radius 1 is 0.913 bits per heavy atom. The fourth-order valence-corrected chi connectivity index (χ4v) is 3.54. The standard InChI is InChI=1S/C20H15N3/c1-2-9-17-14(7-1)15-10-12-22-19(20(15)23-17)16-8-3-5-13-6-4-11-21-18(13)16/h1-9,11,23H,10,12H2. The van der Waals surface area contributed by atoms with Crippen LogP contribution in [0.1, 0.15) is 16.8 Å². The molecule has 3 heteroatoms. The molecule has 0 aliphatic carbocycles. The first kappa shape index (κ1) is 12.6. The molecule has 110 valence electrons. The number of para-hydroxylation sites is 2. The fraction of sp³-hybridized carbons (Fsp3) is 0.100. The number of aliphatic imine (C=N–C) groups is 1. The van der Waals surface area contributed by atoms with Gasteiger partial charge in [0, 0.05) is 34.6 Å². The van der Waals surface area contributed by atoms with Crippen molar-refractivity contribution in [2.45, 2.75) is 6.42 Å². The third-order valence-electron chi connectivity index (χ3n) is 4.57. The normalized spacial score (nSPS) is 14.0. The lowest BCUT2D eigenvalue weighted by Gasteiger charge is -2.15. The molecule has 1 N–H and O–H groups in total. The van der Waals surface area contributed by atoms with Gasteiger partial charge in [-0.25, -0.2) is 0 Å². The van der Waals surface area contributed by atoms with Crippen LogP contribution in [0.25, 0.3) is 21.8 Å². The van der Waals surface area contributed by atoms with Gasteiger partial charge in [-0.1, -0.05) is 42.5 Å². The highest BCUT2D eigenvalue weighted by Gasteiger charge is 2.22. The maximum atomic E-state index is 4.83. The van der Waals surface area contributed by atoms with Crippen LogP contribution in [0, 0.1) is 0 Å². The van der Waals surface area contributed by atoms with E-state index in [1.54, 1.807) is 0 Å². The zero-order valence-corrected chi connectivity index (χ0v) is 12.6. The van der Waals surface area contributed by atoms with E-state index in [0.29, 0.717) is 0 Å². The highest BCUT2D eigenvalue weighted by molar-refractivity contribution is 6.20. The molecule has 0 saturated carbocycles. The van der Waals surface area contributed by atoms with Crippen LogP contribution in [0.2, 0.25) is 0 Å². The molecule has 1 aliphatic rings. The van der Waals surface area contributed by atoms with Crippen molar-refractivity contribution < 1.29 is 0 Å². The van der Waals surface area contributed by atoms with Crippen molar-refractivity contribution in [2.75, 3.05) is 6.54 Å². The van der Waals surface area contributed by atoms with Gasteiger partial charge in [-0.15, -0.1) is 0 Å². The van der Waals surface area contributed by atoms with Gasteiger partial charge < -0.3 is 4.98 Å². The number of pyridine rings is 1. The molecule has 3 nitrogen and oxygen atoms in total. The Morgan fingerprint density at radius 2 is 1.83 bits per heavy atom. The van der Waals surface area contributed by atoms with Crippen molar-refractivity contribution in [2.24, 2.45) is 4.99 Å². The van der Waals surface area contributed by atoms with E-state index in [0.717, 1.165) is 40.8 Å². The number of hydrogen-bond donors (Lipinski definition) is 1. The third kappa shape index (κ3) is 1.83. The number of rotatable bonds is 1. The maximum Gasteiger partial charge on any atom is 0.0906 e. The van der Waals surface area contributed by atoms with Crippen LogP contribution in [0.4, 0.5) is 0 Å². The Labute approximate surface area is 133 Å². The number of nitrogens with one attached hydrogen (secondary N) is 1. The molecule has 0 unspecified atom stereocenters. The zero-order chi connectivity index (χ0) is 15.2. The van der Waals surface area contributed by atoms with Crippen molar-refractivity contribution in [1.29, 1.82) is 0 Å². The molecular formula is C20H15N3. The average molecular weight is 297 g/mol. The van der Waals surface area contributed by atoms with E-state index in [9.17, 15) is 0 Å². The van der Waals surface area contributed by atoms with Crippen LogP contribution in [0.5, 0.6) is 0 Å². The molecule has 0 spiro atoms. The summed E-state index contributed by atoms with van der Waals surface area (Å²) in [5.41, 5.74) is 6.86. The van der Waals surface area contributed by atoms with Gasteiger partial charge in [-0.2, -0.15) is 0 Å². The minimum absolute atomic E-state index is 0.827. The molecule has 2 aromatic carbocycles. The van der Waals surface area contributed by atoms with Crippen molar-refractivity contribution >= 4 is 27.5 Å². The second-order valence-electron chi connectivity index (χ2n) is 5.89. The molecule has 0 atom stereocenters. The fourth-order valence-electron chi connectivity index (χ4n) is 3.54. The number of aromatic amines is 1. The van der Waals surface area contributed by atoms with Gasteiger partial charge >= 0.3 is 0 Å². The zero-order valence-electron chi connectivity index (χ0n) is 12.6. The molecule has 5 rings (SSSR count). The highest BCUT2D eigenvalue weighted by Crippen LogP contribution is 2.29. The summed E-state index contributed by atoms with van der Waals surface area (Å²) in [7, 11) is 0. The van der Waals surface area contributed by atoms with Gasteiger partial charge in [0.25, 0.3) is 0 Å². The number of benzene rings is 2. The molecule has 3 heterocycles. The van der Waals surface area contributed by atoms with Crippen molar-refractivity contribution in [1.82, 2.24) is 9.97 Å². The summed E-state index contributed by atoms with van der Waals surface area (Å²) in [6.45, 7) is 0.827. The highest BCUT2D eigenvalue weighted by atomic mass is 14.8. The quantitative estimate of drug-likeness (QED) is 0.564. The monoisotopic (exact) mass is 297 g/mol. The van der Waals surface area contributed by atoms with Gasteiger partial charge in [0.1, 0.15) is 0 Å². The van der Waals surface area contributed by atoms with E-state index in [1.165, 1.54) is 16.5 Å². The second kappa shape index (κ2) is 4.78. The first-order valence-corrected chi connectivity index (χ1v) is 7.90. The molecular weight excluding hydrogens is 282 g/mol. The smallest absolute Gasteiger partial charge is 0.0906 e. The van der Waals surface area contributed by atoms with Crippen LogP contribution in [0.15, 0.2) is 65.8 Å². The third-order valence-corrected chi connectivity index (χ3v) is 4.57. The number of aromatic nitrogens is 2. The van der Waals surface area contributed by atoms with Gasteiger partial charge in [0.2, 0.25) is 0 Å². The maximum absolute atomic E-state index is 4.83.